The Bertz CT molecular complexity index is 222. The summed E-state index contributed by atoms with van der Waals surface area (Å²) in [6.07, 6.45) is 4.37. The molecule has 0 heterocycles. The molecule has 0 radical (unpaired) electrons. The first-order valence-electron chi connectivity index (χ1n) is 5.97. The van der Waals surface area contributed by atoms with Crippen LogP contribution in [0, 0.1) is 11.3 Å². The molecule has 0 aromatic carbocycles. The van der Waals surface area contributed by atoms with Gasteiger partial charge in [0.05, 0.1) is 0 Å². The average Bonchev–Trinajstić information content (AvgIpc) is 2.10. The molecule has 2 N–H and O–H groups in total. The van der Waals surface area contributed by atoms with Gasteiger partial charge in [0.1, 0.15) is 0 Å². The summed E-state index contributed by atoms with van der Waals surface area (Å²) in [5.74, 6) is 0.911. The Morgan fingerprint density at radius 3 is 2.40 bits per heavy atom. The van der Waals surface area contributed by atoms with Crippen LogP contribution in [0.3, 0.4) is 0 Å². The maximum Gasteiger partial charge on any atom is 0.228 e. The topological polar surface area (TPSA) is 46.3 Å². The SMILES string of the molecule is CC(C)CC1(C(=O)N(C)CCN)CCC1. The minimum Gasteiger partial charge on any atom is -0.344 e. The van der Waals surface area contributed by atoms with Crippen LogP contribution in [-0.4, -0.2) is 30.9 Å². The zero-order chi connectivity index (χ0) is 11.5. The van der Waals surface area contributed by atoms with Gasteiger partial charge in [-0.05, 0) is 25.2 Å². The average molecular weight is 212 g/mol. The fourth-order valence-electron chi connectivity index (χ4n) is 2.59. The van der Waals surface area contributed by atoms with Crippen LogP contribution in [0.15, 0.2) is 0 Å². The van der Waals surface area contributed by atoms with Gasteiger partial charge < -0.3 is 10.6 Å². The number of amides is 1. The minimum absolute atomic E-state index is 0.0436. The van der Waals surface area contributed by atoms with E-state index in [9.17, 15) is 4.79 Å². The number of nitrogens with two attached hydrogens (primary N) is 1. The molecule has 15 heavy (non-hydrogen) atoms. The van der Waals surface area contributed by atoms with E-state index in [1.54, 1.807) is 0 Å². The Morgan fingerprint density at radius 1 is 1.47 bits per heavy atom. The van der Waals surface area contributed by atoms with Crippen molar-refractivity contribution in [2.24, 2.45) is 17.1 Å². The third-order valence-electron chi connectivity index (χ3n) is 3.37. The van der Waals surface area contributed by atoms with E-state index in [4.69, 9.17) is 5.73 Å². The Kier molecular flexibility index (Phi) is 4.14. The second kappa shape index (κ2) is 4.97. The van der Waals surface area contributed by atoms with Crippen molar-refractivity contribution in [2.75, 3.05) is 20.1 Å². The highest BCUT2D eigenvalue weighted by atomic mass is 16.2. The number of rotatable bonds is 5. The molecular weight excluding hydrogens is 188 g/mol. The van der Waals surface area contributed by atoms with Crippen LogP contribution in [-0.2, 0) is 4.79 Å². The third kappa shape index (κ3) is 2.71. The first-order valence-corrected chi connectivity index (χ1v) is 5.97. The Morgan fingerprint density at radius 2 is 2.07 bits per heavy atom. The van der Waals surface area contributed by atoms with Gasteiger partial charge >= 0.3 is 0 Å². The number of carbonyl (C=O) groups excluding carboxylic acids is 1. The molecule has 1 rings (SSSR count). The van der Waals surface area contributed by atoms with Gasteiger partial charge in [-0.15, -0.1) is 0 Å². The van der Waals surface area contributed by atoms with Crippen LogP contribution in [0.2, 0.25) is 0 Å². The number of likely N-dealkylation sites (N-methyl/N-ethyl adjacent to an activating group) is 1. The van der Waals surface area contributed by atoms with Crippen LogP contribution >= 0.6 is 0 Å². The maximum absolute atomic E-state index is 12.2. The predicted octanol–water partition coefficient (Wildman–Crippen LogP) is 1.62. The second-order valence-corrected chi connectivity index (χ2v) is 5.25. The summed E-state index contributed by atoms with van der Waals surface area (Å²) in [6, 6.07) is 0. The largest absolute Gasteiger partial charge is 0.344 e. The standard InChI is InChI=1S/C12H24N2O/c1-10(2)9-12(5-4-6-12)11(15)14(3)8-7-13/h10H,4-9,13H2,1-3H3. The first kappa shape index (κ1) is 12.5. The van der Waals surface area contributed by atoms with Gasteiger partial charge in [-0.3, -0.25) is 4.79 Å². The minimum atomic E-state index is -0.0436. The molecule has 88 valence electrons. The van der Waals surface area contributed by atoms with Crippen molar-refractivity contribution < 1.29 is 4.79 Å². The van der Waals surface area contributed by atoms with Crippen LogP contribution in [0.4, 0.5) is 0 Å². The van der Waals surface area contributed by atoms with Crippen molar-refractivity contribution in [2.45, 2.75) is 39.5 Å². The summed E-state index contributed by atoms with van der Waals surface area (Å²) in [7, 11) is 1.87. The Balaban J connectivity index is 2.61. The highest BCUT2D eigenvalue weighted by molar-refractivity contribution is 5.83. The first-order chi connectivity index (χ1) is 7.02. The van der Waals surface area contributed by atoms with Crippen molar-refractivity contribution in [1.29, 1.82) is 0 Å². The van der Waals surface area contributed by atoms with Gasteiger partial charge in [0, 0.05) is 25.6 Å². The quantitative estimate of drug-likeness (QED) is 0.752. The smallest absolute Gasteiger partial charge is 0.228 e. The van der Waals surface area contributed by atoms with E-state index >= 15 is 0 Å². The van der Waals surface area contributed by atoms with Crippen molar-refractivity contribution in [3.63, 3.8) is 0 Å². The molecule has 0 unspecified atom stereocenters. The molecule has 0 aliphatic heterocycles. The van der Waals surface area contributed by atoms with E-state index in [2.05, 4.69) is 13.8 Å². The van der Waals surface area contributed by atoms with E-state index in [0.717, 1.165) is 19.3 Å². The van der Waals surface area contributed by atoms with Gasteiger partial charge in [0.25, 0.3) is 0 Å². The highest BCUT2D eigenvalue weighted by Gasteiger charge is 2.45. The molecule has 1 saturated carbocycles. The lowest BCUT2D eigenvalue weighted by molar-refractivity contribution is -0.147. The molecule has 1 aliphatic rings. The summed E-state index contributed by atoms with van der Waals surface area (Å²) in [6.45, 7) is 5.62. The van der Waals surface area contributed by atoms with Gasteiger partial charge in [0.2, 0.25) is 5.91 Å². The van der Waals surface area contributed by atoms with E-state index in [0.29, 0.717) is 24.9 Å². The van der Waals surface area contributed by atoms with Gasteiger partial charge in [-0.25, -0.2) is 0 Å². The normalized spacial score (nSPS) is 18.7. The molecule has 0 atom stereocenters. The lowest BCUT2D eigenvalue weighted by atomic mass is 9.63. The second-order valence-electron chi connectivity index (χ2n) is 5.25. The van der Waals surface area contributed by atoms with Crippen LogP contribution < -0.4 is 5.73 Å². The number of hydrogen-bond donors (Lipinski definition) is 1. The highest BCUT2D eigenvalue weighted by Crippen LogP contribution is 2.47. The van der Waals surface area contributed by atoms with Crippen LogP contribution in [0.5, 0.6) is 0 Å². The summed E-state index contributed by atoms with van der Waals surface area (Å²) in [5, 5.41) is 0. The number of hydrogen-bond acceptors (Lipinski definition) is 2. The molecule has 3 nitrogen and oxygen atoms in total. The third-order valence-corrected chi connectivity index (χ3v) is 3.37. The fraction of sp³-hybridized carbons (Fsp3) is 0.917. The maximum atomic E-state index is 12.2. The molecular formula is C12H24N2O. The molecule has 0 bridgehead atoms. The Hall–Kier alpha value is -0.570. The van der Waals surface area contributed by atoms with E-state index in [-0.39, 0.29) is 5.41 Å². The van der Waals surface area contributed by atoms with Crippen molar-refractivity contribution >= 4 is 5.91 Å². The van der Waals surface area contributed by atoms with Gasteiger partial charge in [-0.2, -0.15) is 0 Å². The molecule has 3 heteroatoms. The zero-order valence-electron chi connectivity index (χ0n) is 10.3. The summed E-state index contributed by atoms with van der Waals surface area (Å²) >= 11 is 0. The van der Waals surface area contributed by atoms with Crippen molar-refractivity contribution in [3.05, 3.63) is 0 Å². The molecule has 1 amide bonds. The lowest BCUT2D eigenvalue weighted by Gasteiger charge is -2.43. The van der Waals surface area contributed by atoms with Gasteiger partial charge in [-0.1, -0.05) is 20.3 Å². The molecule has 0 aromatic heterocycles. The fourth-order valence-corrected chi connectivity index (χ4v) is 2.59. The monoisotopic (exact) mass is 212 g/mol. The predicted molar refractivity (Wildman–Crippen MR) is 62.4 cm³/mol. The zero-order valence-corrected chi connectivity index (χ0v) is 10.3. The summed E-state index contributed by atoms with van der Waals surface area (Å²) < 4.78 is 0. The van der Waals surface area contributed by atoms with E-state index in [1.807, 2.05) is 11.9 Å². The van der Waals surface area contributed by atoms with Crippen LogP contribution in [0.25, 0.3) is 0 Å². The number of carbonyl (C=O) groups is 1. The van der Waals surface area contributed by atoms with E-state index in [1.165, 1.54) is 6.42 Å². The molecule has 0 spiro atoms. The summed E-state index contributed by atoms with van der Waals surface area (Å²) in [4.78, 5) is 14.1. The summed E-state index contributed by atoms with van der Waals surface area (Å²) in [5.41, 5.74) is 5.43. The van der Waals surface area contributed by atoms with Gasteiger partial charge in [0.15, 0.2) is 0 Å². The van der Waals surface area contributed by atoms with Crippen molar-refractivity contribution in [3.8, 4) is 0 Å². The number of nitrogens with zero attached hydrogens (tertiary/aromatic N) is 1. The van der Waals surface area contributed by atoms with E-state index < -0.39 is 0 Å². The molecule has 0 saturated heterocycles. The molecule has 1 aliphatic carbocycles. The van der Waals surface area contributed by atoms with Crippen molar-refractivity contribution in [1.82, 2.24) is 4.90 Å². The lowest BCUT2D eigenvalue weighted by Crippen LogP contribution is -2.48. The molecule has 1 fully saturated rings. The van der Waals surface area contributed by atoms with Crippen LogP contribution in [0.1, 0.15) is 39.5 Å². The Labute approximate surface area is 93.0 Å². The molecule has 0 aromatic rings.